The first-order valence-electron chi connectivity index (χ1n) is 21.7. The number of para-hydroxylation sites is 2. The maximum Gasteiger partial charge on any atom is 0.145 e. The summed E-state index contributed by atoms with van der Waals surface area (Å²) >= 11 is 0. The van der Waals surface area contributed by atoms with Crippen LogP contribution < -0.4 is 10.6 Å². The predicted molar refractivity (Wildman–Crippen MR) is 263 cm³/mol. The molecular weight excluding hydrogens is 765 g/mol. The molecule has 2 aliphatic heterocycles. The van der Waals surface area contributed by atoms with Crippen LogP contribution in [0.15, 0.2) is 236 Å². The van der Waals surface area contributed by atoms with Crippen molar-refractivity contribution in [2.45, 2.75) is 12.2 Å². The third-order valence-electron chi connectivity index (χ3n) is 12.7. The second kappa shape index (κ2) is 15.4. The van der Waals surface area contributed by atoms with Crippen LogP contribution in [-0.2, 0) is 0 Å². The molecule has 0 saturated carbocycles. The standard InChI is InChI=1S/C59H42N4/c1-4-14-40(15-5-1)51-37-53(41-16-6-2-7-17-41)60-52-35-31-46-36-45(30-34-48(46)58(51)52)39-24-26-44(27-25-39)59-61-54(42-18-8-3-9-19-42)38-55(62-59)43-28-32-47(33-29-43)63-56-22-12-10-20-49(56)50-21-11-13-23-57(50)63/h1-38,53,59-60,62H. The number of hydrogen-bond donors (Lipinski definition) is 2. The summed E-state index contributed by atoms with van der Waals surface area (Å²) in [4.78, 5) is 5.28. The fourth-order valence-corrected chi connectivity index (χ4v) is 9.55. The molecule has 2 aliphatic rings. The molecule has 0 fully saturated rings. The summed E-state index contributed by atoms with van der Waals surface area (Å²) in [6.07, 6.45) is 4.30. The van der Waals surface area contributed by atoms with Crippen molar-refractivity contribution in [3.63, 3.8) is 0 Å². The zero-order valence-corrected chi connectivity index (χ0v) is 34.5. The van der Waals surface area contributed by atoms with Crippen molar-refractivity contribution < 1.29 is 0 Å². The van der Waals surface area contributed by atoms with Crippen molar-refractivity contribution in [2.24, 2.45) is 4.99 Å². The fourth-order valence-electron chi connectivity index (χ4n) is 9.55. The number of aromatic nitrogens is 1. The second-order valence-electron chi connectivity index (χ2n) is 16.4. The van der Waals surface area contributed by atoms with E-state index in [2.05, 4.69) is 246 Å². The van der Waals surface area contributed by atoms with Gasteiger partial charge in [0, 0.05) is 33.4 Å². The quantitative estimate of drug-likeness (QED) is 0.168. The molecule has 3 heterocycles. The molecule has 9 aromatic carbocycles. The molecule has 10 aromatic rings. The number of nitrogens with zero attached hydrogens (tertiary/aromatic N) is 2. The van der Waals surface area contributed by atoms with Crippen LogP contribution in [0.4, 0.5) is 5.69 Å². The molecule has 298 valence electrons. The average Bonchev–Trinajstić information content (AvgIpc) is 3.71. The van der Waals surface area contributed by atoms with Crippen molar-refractivity contribution in [1.82, 2.24) is 9.88 Å². The number of hydrogen-bond acceptors (Lipinski definition) is 3. The normalized spacial score (nSPS) is 15.8. The van der Waals surface area contributed by atoms with Crippen LogP contribution in [0.5, 0.6) is 0 Å². The minimum absolute atomic E-state index is 0.0836. The van der Waals surface area contributed by atoms with Crippen LogP contribution in [0.3, 0.4) is 0 Å². The molecule has 0 spiro atoms. The number of nitrogens with one attached hydrogen (secondary N) is 2. The van der Waals surface area contributed by atoms with E-state index in [0.29, 0.717) is 0 Å². The lowest BCUT2D eigenvalue weighted by Gasteiger charge is -2.28. The van der Waals surface area contributed by atoms with E-state index in [1.165, 1.54) is 66.0 Å². The highest BCUT2D eigenvalue weighted by Crippen LogP contribution is 2.43. The largest absolute Gasteiger partial charge is 0.374 e. The minimum Gasteiger partial charge on any atom is -0.374 e. The smallest absolute Gasteiger partial charge is 0.145 e. The van der Waals surface area contributed by atoms with Gasteiger partial charge in [-0.25, -0.2) is 0 Å². The molecule has 0 saturated heterocycles. The highest BCUT2D eigenvalue weighted by atomic mass is 15.1. The Bertz CT molecular complexity index is 3360. The summed E-state index contributed by atoms with van der Waals surface area (Å²) < 4.78 is 2.36. The molecular formula is C59H42N4. The first-order chi connectivity index (χ1) is 31.2. The van der Waals surface area contributed by atoms with Crippen LogP contribution in [-0.4, -0.2) is 10.3 Å². The number of rotatable bonds is 7. The van der Waals surface area contributed by atoms with Crippen LogP contribution in [0.1, 0.15) is 45.6 Å². The molecule has 12 rings (SSSR count). The summed E-state index contributed by atoms with van der Waals surface area (Å²) in [5, 5.41) is 12.6. The number of fused-ring (bicyclic) bond motifs is 6. The highest BCUT2D eigenvalue weighted by Gasteiger charge is 2.24. The number of aliphatic imine (C=N–C) groups is 1. The molecule has 0 bridgehead atoms. The van der Waals surface area contributed by atoms with E-state index in [9.17, 15) is 0 Å². The zero-order chi connectivity index (χ0) is 41.7. The van der Waals surface area contributed by atoms with E-state index in [-0.39, 0.29) is 12.2 Å². The molecule has 63 heavy (non-hydrogen) atoms. The molecule has 2 N–H and O–H groups in total. The van der Waals surface area contributed by atoms with Crippen LogP contribution in [0, 0.1) is 0 Å². The second-order valence-corrected chi connectivity index (χ2v) is 16.4. The summed E-state index contributed by atoms with van der Waals surface area (Å²) in [5.74, 6) is 0. The van der Waals surface area contributed by atoms with Gasteiger partial charge in [-0.05, 0) is 104 Å². The van der Waals surface area contributed by atoms with Crippen molar-refractivity contribution in [2.75, 3.05) is 5.32 Å². The Morgan fingerprint density at radius 3 is 1.73 bits per heavy atom. The van der Waals surface area contributed by atoms with Gasteiger partial charge in [0.2, 0.25) is 0 Å². The van der Waals surface area contributed by atoms with E-state index in [0.717, 1.165) is 39.5 Å². The SMILES string of the molecule is C1=C(c2ccc(-n3c4ccccc4c4ccccc43)cc2)NC(c2ccc(-c3ccc4c5c(ccc4c3)NC(c3ccccc3)C=C5c3ccccc3)cc2)N=C1c1ccccc1. The third-order valence-corrected chi connectivity index (χ3v) is 12.7. The molecule has 1 aromatic heterocycles. The van der Waals surface area contributed by atoms with Crippen molar-refractivity contribution in [3.8, 4) is 16.8 Å². The van der Waals surface area contributed by atoms with E-state index >= 15 is 0 Å². The lowest BCUT2D eigenvalue weighted by Crippen LogP contribution is -2.24. The first-order valence-corrected chi connectivity index (χ1v) is 21.7. The molecule has 0 radical (unpaired) electrons. The van der Waals surface area contributed by atoms with Gasteiger partial charge in [-0.15, -0.1) is 0 Å². The van der Waals surface area contributed by atoms with Gasteiger partial charge in [0.25, 0.3) is 0 Å². The average molecular weight is 807 g/mol. The molecule has 0 amide bonds. The van der Waals surface area contributed by atoms with Gasteiger partial charge in [0.15, 0.2) is 0 Å². The van der Waals surface area contributed by atoms with Gasteiger partial charge in [-0.1, -0.05) is 182 Å². The van der Waals surface area contributed by atoms with Crippen LogP contribution >= 0.6 is 0 Å². The van der Waals surface area contributed by atoms with Crippen molar-refractivity contribution in [3.05, 3.63) is 264 Å². The molecule has 0 aliphatic carbocycles. The summed E-state index contributed by atoms with van der Waals surface area (Å²) in [6, 6.07) is 78.5. The Morgan fingerprint density at radius 2 is 1.03 bits per heavy atom. The zero-order valence-electron chi connectivity index (χ0n) is 34.5. The van der Waals surface area contributed by atoms with Crippen LogP contribution in [0.25, 0.3) is 60.7 Å². The molecule has 4 heteroatoms. The van der Waals surface area contributed by atoms with Gasteiger partial charge < -0.3 is 15.2 Å². The van der Waals surface area contributed by atoms with Crippen LogP contribution in [0.2, 0.25) is 0 Å². The van der Waals surface area contributed by atoms with Crippen molar-refractivity contribution in [1.29, 1.82) is 0 Å². The Balaban J connectivity index is 0.858. The van der Waals surface area contributed by atoms with E-state index in [1.54, 1.807) is 0 Å². The molecule has 2 atom stereocenters. The van der Waals surface area contributed by atoms with Gasteiger partial charge in [-0.3, -0.25) is 4.99 Å². The lowest BCUT2D eigenvalue weighted by molar-refractivity contribution is 0.664. The Kier molecular flexibility index (Phi) is 8.93. The maximum absolute atomic E-state index is 5.28. The van der Waals surface area contributed by atoms with E-state index in [4.69, 9.17) is 4.99 Å². The van der Waals surface area contributed by atoms with Gasteiger partial charge in [-0.2, -0.15) is 0 Å². The molecule has 2 unspecified atom stereocenters. The van der Waals surface area contributed by atoms with E-state index in [1.807, 2.05) is 0 Å². The van der Waals surface area contributed by atoms with Gasteiger partial charge in [0.05, 0.1) is 22.8 Å². The maximum atomic E-state index is 5.28. The summed E-state index contributed by atoms with van der Waals surface area (Å²) in [5.41, 5.74) is 17.3. The van der Waals surface area contributed by atoms with Gasteiger partial charge in [0.1, 0.15) is 6.17 Å². The number of benzene rings is 9. The Hall–Kier alpha value is -8.21. The number of allylic oxidation sites excluding steroid dienone is 1. The third kappa shape index (κ3) is 6.61. The summed E-state index contributed by atoms with van der Waals surface area (Å²) in [7, 11) is 0. The minimum atomic E-state index is -0.259. The predicted octanol–water partition coefficient (Wildman–Crippen LogP) is 14.3. The Labute approximate surface area is 366 Å². The first kappa shape index (κ1) is 36.6. The number of anilines is 1. The van der Waals surface area contributed by atoms with Gasteiger partial charge >= 0.3 is 0 Å². The van der Waals surface area contributed by atoms with Crippen molar-refractivity contribution >= 4 is 55.2 Å². The fraction of sp³-hybridized carbons (Fsp3) is 0.0339. The molecule has 4 nitrogen and oxygen atoms in total. The Morgan fingerprint density at radius 1 is 0.429 bits per heavy atom. The monoisotopic (exact) mass is 806 g/mol. The summed E-state index contributed by atoms with van der Waals surface area (Å²) in [6.45, 7) is 0. The topological polar surface area (TPSA) is 41.4 Å². The highest BCUT2D eigenvalue weighted by molar-refractivity contribution is 6.13. The lowest BCUT2D eigenvalue weighted by atomic mass is 9.85. The van der Waals surface area contributed by atoms with E-state index < -0.39 is 0 Å².